The van der Waals surface area contributed by atoms with Gasteiger partial charge in [-0.3, -0.25) is 0 Å². The van der Waals surface area contributed by atoms with E-state index in [2.05, 4.69) is 5.32 Å². The van der Waals surface area contributed by atoms with Crippen molar-refractivity contribution in [2.45, 2.75) is 58.3 Å². The number of amides is 1. The van der Waals surface area contributed by atoms with Gasteiger partial charge in [-0.25, -0.2) is 9.59 Å². The lowest BCUT2D eigenvalue weighted by Crippen LogP contribution is -2.43. The van der Waals surface area contributed by atoms with E-state index in [9.17, 15) is 9.59 Å². The second-order valence-electron chi connectivity index (χ2n) is 7.81. The Morgan fingerprint density at radius 1 is 0.857 bits per heavy atom. The molecule has 1 N–H and O–H groups in total. The second-order valence-corrected chi connectivity index (χ2v) is 7.81. The fraction of sp³-hybridized carbons (Fsp3) is 0.391. The molecule has 0 fully saturated rings. The van der Waals surface area contributed by atoms with Gasteiger partial charge >= 0.3 is 12.1 Å². The number of hydrogen-bond donors (Lipinski definition) is 1. The molecule has 0 aliphatic rings. The van der Waals surface area contributed by atoms with Crippen molar-refractivity contribution in [1.29, 1.82) is 0 Å². The zero-order chi connectivity index (χ0) is 20.7. The van der Waals surface area contributed by atoms with Crippen molar-refractivity contribution in [2.24, 2.45) is 0 Å². The van der Waals surface area contributed by atoms with Crippen LogP contribution in [0.15, 0.2) is 60.7 Å². The highest BCUT2D eigenvalue weighted by Crippen LogP contribution is 2.29. The van der Waals surface area contributed by atoms with E-state index in [-0.39, 0.29) is 5.92 Å². The number of hydrogen-bond acceptors (Lipinski definition) is 4. The average Bonchev–Trinajstić information content (AvgIpc) is 2.62. The summed E-state index contributed by atoms with van der Waals surface area (Å²) in [4.78, 5) is 24.4. The van der Waals surface area contributed by atoms with Crippen molar-refractivity contribution < 1.29 is 19.1 Å². The van der Waals surface area contributed by atoms with Gasteiger partial charge in [0.05, 0.1) is 0 Å². The van der Waals surface area contributed by atoms with E-state index >= 15 is 0 Å². The van der Waals surface area contributed by atoms with Crippen molar-refractivity contribution in [2.75, 3.05) is 0 Å². The summed E-state index contributed by atoms with van der Waals surface area (Å²) in [5.41, 5.74) is 1.48. The Balaban J connectivity index is 2.09. The van der Waals surface area contributed by atoms with Gasteiger partial charge < -0.3 is 14.8 Å². The van der Waals surface area contributed by atoms with Gasteiger partial charge in [0.25, 0.3) is 0 Å². The largest absolute Gasteiger partial charge is 0.460 e. The highest BCUT2D eigenvalue weighted by atomic mass is 16.6. The first-order valence-corrected chi connectivity index (χ1v) is 9.47. The Bertz CT molecular complexity index is 729. The normalized spacial score (nSPS) is 13.5. The molecular formula is C23H29NO4. The van der Waals surface area contributed by atoms with Crippen LogP contribution in [0.2, 0.25) is 0 Å². The minimum absolute atomic E-state index is 0.111. The lowest BCUT2D eigenvalue weighted by molar-refractivity contribution is -0.150. The first kappa shape index (κ1) is 21.5. The monoisotopic (exact) mass is 383 g/mol. The predicted molar refractivity (Wildman–Crippen MR) is 109 cm³/mol. The molecule has 2 aromatic rings. The van der Waals surface area contributed by atoms with E-state index < -0.39 is 29.8 Å². The fourth-order valence-electron chi connectivity index (χ4n) is 2.95. The Morgan fingerprint density at radius 2 is 1.32 bits per heavy atom. The molecule has 0 aliphatic carbocycles. The van der Waals surface area contributed by atoms with Crippen LogP contribution in [0.1, 0.15) is 51.7 Å². The molecule has 0 saturated carbocycles. The summed E-state index contributed by atoms with van der Waals surface area (Å²) in [5.74, 6) is -0.615. The van der Waals surface area contributed by atoms with Gasteiger partial charge in [-0.05, 0) is 45.7 Å². The maximum absolute atomic E-state index is 12.5. The van der Waals surface area contributed by atoms with Gasteiger partial charge in [0.1, 0.15) is 17.7 Å². The Morgan fingerprint density at radius 3 is 1.75 bits per heavy atom. The second kappa shape index (κ2) is 9.40. The third-order valence-corrected chi connectivity index (χ3v) is 4.18. The quantitative estimate of drug-likeness (QED) is 0.737. The molecular weight excluding hydrogens is 354 g/mol. The predicted octanol–water partition coefficient (Wildman–Crippen LogP) is 4.66. The maximum atomic E-state index is 12.5. The van der Waals surface area contributed by atoms with Crippen molar-refractivity contribution in [3.63, 3.8) is 0 Å². The van der Waals surface area contributed by atoms with E-state index in [1.165, 1.54) is 0 Å². The molecule has 0 spiro atoms. The number of esters is 1. The molecule has 150 valence electrons. The zero-order valence-corrected chi connectivity index (χ0v) is 17.1. The molecule has 0 saturated heterocycles. The van der Waals surface area contributed by atoms with E-state index in [1.807, 2.05) is 67.6 Å². The lowest BCUT2D eigenvalue weighted by atomic mass is 9.87. The van der Waals surface area contributed by atoms with Crippen LogP contribution in [0.4, 0.5) is 4.79 Å². The van der Waals surface area contributed by atoms with Gasteiger partial charge in [-0.2, -0.15) is 0 Å². The molecule has 1 amide bonds. The summed E-state index contributed by atoms with van der Waals surface area (Å²) in [6.45, 7) is 8.74. The maximum Gasteiger partial charge on any atom is 0.408 e. The van der Waals surface area contributed by atoms with Gasteiger partial charge in [0.15, 0.2) is 0 Å². The van der Waals surface area contributed by atoms with Crippen LogP contribution in [0.25, 0.3) is 0 Å². The minimum atomic E-state index is -0.815. The van der Waals surface area contributed by atoms with Crippen molar-refractivity contribution in [3.8, 4) is 0 Å². The molecule has 5 nitrogen and oxygen atoms in total. The first-order chi connectivity index (χ1) is 13.2. The van der Waals surface area contributed by atoms with Gasteiger partial charge in [0, 0.05) is 5.92 Å². The standard InChI is InChI=1S/C23H29NO4/c1-16(24-22(26)28-23(3,4)5)21(25)27-17(2)20(18-12-8-6-9-13-18)19-14-10-7-11-15-19/h6-17,20H,1-5H3,(H,24,26)/t16-,17?/m0/s1. The van der Waals surface area contributed by atoms with Crippen LogP contribution in [-0.2, 0) is 14.3 Å². The summed E-state index contributed by atoms with van der Waals surface area (Å²) in [7, 11) is 0. The Labute approximate surface area is 167 Å². The minimum Gasteiger partial charge on any atom is -0.460 e. The Hall–Kier alpha value is -2.82. The molecule has 0 aliphatic heterocycles. The number of ether oxygens (including phenoxy) is 2. The first-order valence-electron chi connectivity index (χ1n) is 9.47. The number of rotatable bonds is 6. The molecule has 2 atom stereocenters. The van der Waals surface area contributed by atoms with Crippen LogP contribution >= 0.6 is 0 Å². The summed E-state index contributed by atoms with van der Waals surface area (Å²) >= 11 is 0. The molecule has 1 unspecified atom stereocenters. The Kier molecular flexibility index (Phi) is 7.21. The van der Waals surface area contributed by atoms with Crippen LogP contribution in [0, 0.1) is 0 Å². The summed E-state index contributed by atoms with van der Waals surface area (Å²) in [6, 6.07) is 19.0. The van der Waals surface area contributed by atoms with Gasteiger partial charge in [-0.15, -0.1) is 0 Å². The van der Waals surface area contributed by atoms with Crippen LogP contribution in [0.5, 0.6) is 0 Å². The van der Waals surface area contributed by atoms with E-state index in [1.54, 1.807) is 27.7 Å². The lowest BCUT2D eigenvalue weighted by Gasteiger charge is -2.27. The van der Waals surface area contributed by atoms with Crippen molar-refractivity contribution >= 4 is 12.1 Å². The number of benzene rings is 2. The SMILES string of the molecule is CC(OC(=O)[C@H](C)NC(=O)OC(C)(C)C)C(c1ccccc1)c1ccccc1. The fourth-order valence-corrected chi connectivity index (χ4v) is 2.95. The number of nitrogens with one attached hydrogen (secondary N) is 1. The van der Waals surface area contributed by atoms with Gasteiger partial charge in [-0.1, -0.05) is 60.7 Å². The highest BCUT2D eigenvalue weighted by molar-refractivity contribution is 5.81. The molecule has 2 aromatic carbocycles. The summed E-state index contributed by atoms with van der Waals surface area (Å²) in [5, 5.41) is 2.52. The number of alkyl carbamates (subject to hydrolysis) is 1. The van der Waals surface area contributed by atoms with Crippen LogP contribution in [-0.4, -0.2) is 29.8 Å². The molecule has 5 heteroatoms. The molecule has 2 rings (SSSR count). The third kappa shape index (κ3) is 6.41. The summed E-state index contributed by atoms with van der Waals surface area (Å²) in [6.07, 6.45) is -1.06. The van der Waals surface area contributed by atoms with Gasteiger partial charge in [0.2, 0.25) is 0 Å². The number of carbonyl (C=O) groups is 2. The van der Waals surface area contributed by atoms with E-state index in [4.69, 9.17) is 9.47 Å². The molecule has 0 radical (unpaired) electrons. The van der Waals surface area contributed by atoms with Crippen LogP contribution < -0.4 is 5.32 Å². The molecule has 0 aromatic heterocycles. The van der Waals surface area contributed by atoms with Crippen LogP contribution in [0.3, 0.4) is 0 Å². The topological polar surface area (TPSA) is 64.6 Å². The average molecular weight is 383 g/mol. The molecule has 0 bridgehead atoms. The molecule has 0 heterocycles. The third-order valence-electron chi connectivity index (χ3n) is 4.18. The van der Waals surface area contributed by atoms with Crippen molar-refractivity contribution in [3.05, 3.63) is 71.8 Å². The number of carbonyl (C=O) groups excluding carboxylic acids is 2. The smallest absolute Gasteiger partial charge is 0.408 e. The van der Waals surface area contributed by atoms with Crippen molar-refractivity contribution in [1.82, 2.24) is 5.32 Å². The van der Waals surface area contributed by atoms with E-state index in [0.717, 1.165) is 11.1 Å². The summed E-state index contributed by atoms with van der Waals surface area (Å²) < 4.78 is 10.9. The highest BCUT2D eigenvalue weighted by Gasteiger charge is 2.28. The molecule has 28 heavy (non-hydrogen) atoms. The zero-order valence-electron chi connectivity index (χ0n) is 17.1. The van der Waals surface area contributed by atoms with E-state index in [0.29, 0.717) is 0 Å².